The first-order valence-corrected chi connectivity index (χ1v) is 6.77. The Bertz CT molecular complexity index is 532. The van der Waals surface area contributed by atoms with Crippen molar-refractivity contribution >= 4 is 17.6 Å². The minimum absolute atomic E-state index is 0.367. The van der Waals surface area contributed by atoms with Crippen LogP contribution in [0, 0.1) is 0 Å². The fourth-order valence-electron chi connectivity index (χ4n) is 1.66. The van der Waals surface area contributed by atoms with E-state index < -0.39 is 29.7 Å². The van der Waals surface area contributed by atoms with E-state index in [1.807, 2.05) is 6.92 Å². The van der Waals surface area contributed by atoms with Crippen molar-refractivity contribution in [3.8, 4) is 0 Å². The predicted octanol–water partition coefficient (Wildman–Crippen LogP) is 2.74. The second kappa shape index (κ2) is 7.67. The molecule has 0 radical (unpaired) electrons. The smallest absolute Gasteiger partial charge is 0.354 e. The molecule has 0 aromatic heterocycles. The molecule has 8 heteroatoms. The van der Waals surface area contributed by atoms with Crippen molar-refractivity contribution in [1.82, 2.24) is 10.6 Å². The lowest BCUT2D eigenvalue weighted by Crippen LogP contribution is -2.46. The van der Waals surface area contributed by atoms with Crippen molar-refractivity contribution in [2.45, 2.75) is 32.5 Å². The van der Waals surface area contributed by atoms with Gasteiger partial charge in [0.1, 0.15) is 6.04 Å². The maximum absolute atomic E-state index is 12.8. The first kappa shape index (κ1) is 17.8. The van der Waals surface area contributed by atoms with E-state index in [1.165, 1.54) is 19.1 Å². The highest BCUT2D eigenvalue weighted by molar-refractivity contribution is 5.94. The molecule has 0 aliphatic carbocycles. The third-order valence-corrected chi connectivity index (χ3v) is 2.77. The lowest BCUT2D eigenvalue weighted by molar-refractivity contribution is -0.137. The molecule has 122 valence electrons. The summed E-state index contributed by atoms with van der Waals surface area (Å²) in [6.45, 7) is 3.78. The summed E-state index contributed by atoms with van der Waals surface area (Å²) in [5.74, 6) is -0.402. The minimum atomic E-state index is -4.58. The molecule has 0 spiro atoms. The van der Waals surface area contributed by atoms with Crippen molar-refractivity contribution in [1.29, 1.82) is 0 Å². The van der Waals surface area contributed by atoms with Crippen LogP contribution in [0.4, 0.5) is 23.7 Å². The van der Waals surface area contributed by atoms with Crippen LogP contribution < -0.4 is 16.0 Å². The second-order valence-electron chi connectivity index (χ2n) is 4.65. The Morgan fingerprint density at radius 2 is 1.86 bits per heavy atom. The van der Waals surface area contributed by atoms with E-state index >= 15 is 0 Å². The van der Waals surface area contributed by atoms with Gasteiger partial charge in [-0.3, -0.25) is 4.79 Å². The highest BCUT2D eigenvalue weighted by Gasteiger charge is 2.33. The number of alkyl halides is 3. The minimum Gasteiger partial charge on any atom is -0.354 e. The SMILES string of the molecule is CCCNC(=O)C(C)NC(=O)Nc1ccccc1C(F)(F)F. The summed E-state index contributed by atoms with van der Waals surface area (Å²) in [6.07, 6.45) is -3.84. The Kier molecular flexibility index (Phi) is 6.21. The van der Waals surface area contributed by atoms with Gasteiger partial charge >= 0.3 is 12.2 Å². The first-order chi connectivity index (χ1) is 10.3. The summed E-state index contributed by atoms with van der Waals surface area (Å²) in [4.78, 5) is 23.3. The topological polar surface area (TPSA) is 70.2 Å². The monoisotopic (exact) mass is 317 g/mol. The van der Waals surface area contributed by atoms with Gasteiger partial charge in [0.25, 0.3) is 0 Å². The quantitative estimate of drug-likeness (QED) is 0.781. The molecule has 22 heavy (non-hydrogen) atoms. The molecule has 1 atom stereocenters. The van der Waals surface area contributed by atoms with Crippen LogP contribution in [0.3, 0.4) is 0 Å². The Hall–Kier alpha value is -2.25. The number of benzene rings is 1. The van der Waals surface area contributed by atoms with Crippen LogP contribution in [-0.4, -0.2) is 24.5 Å². The van der Waals surface area contributed by atoms with Gasteiger partial charge in [0.05, 0.1) is 11.3 Å². The van der Waals surface area contributed by atoms with Gasteiger partial charge in [0, 0.05) is 6.54 Å². The standard InChI is InChI=1S/C14H18F3N3O2/c1-3-8-18-12(21)9(2)19-13(22)20-11-7-5-4-6-10(11)14(15,16)17/h4-7,9H,3,8H2,1-2H3,(H,18,21)(H2,19,20,22). The number of hydrogen-bond acceptors (Lipinski definition) is 2. The molecule has 3 N–H and O–H groups in total. The van der Waals surface area contributed by atoms with Gasteiger partial charge in [-0.05, 0) is 25.5 Å². The Morgan fingerprint density at radius 1 is 1.23 bits per heavy atom. The number of hydrogen-bond donors (Lipinski definition) is 3. The lowest BCUT2D eigenvalue weighted by atomic mass is 10.1. The maximum Gasteiger partial charge on any atom is 0.418 e. The molecule has 0 bridgehead atoms. The van der Waals surface area contributed by atoms with Crippen LogP contribution >= 0.6 is 0 Å². The molecule has 5 nitrogen and oxygen atoms in total. The molecule has 1 rings (SSSR count). The Labute approximate surface area is 126 Å². The summed E-state index contributed by atoms with van der Waals surface area (Å²) >= 11 is 0. The summed E-state index contributed by atoms with van der Waals surface area (Å²) < 4.78 is 38.4. The van der Waals surface area contributed by atoms with Gasteiger partial charge < -0.3 is 16.0 Å². The van der Waals surface area contributed by atoms with Crippen LogP contribution in [0.2, 0.25) is 0 Å². The van der Waals surface area contributed by atoms with Gasteiger partial charge in [-0.25, -0.2) is 4.79 Å². The van der Waals surface area contributed by atoms with Gasteiger partial charge in [0.15, 0.2) is 0 Å². The zero-order chi connectivity index (χ0) is 16.8. The van der Waals surface area contributed by atoms with E-state index in [-0.39, 0.29) is 5.69 Å². The molecule has 0 aliphatic heterocycles. The van der Waals surface area contributed by atoms with E-state index in [4.69, 9.17) is 0 Å². The molecule has 3 amide bonds. The second-order valence-corrected chi connectivity index (χ2v) is 4.65. The molecule has 0 heterocycles. The van der Waals surface area contributed by atoms with Gasteiger partial charge in [0.2, 0.25) is 5.91 Å². The average Bonchev–Trinajstić information content (AvgIpc) is 2.43. The third-order valence-electron chi connectivity index (χ3n) is 2.77. The molecule has 0 saturated heterocycles. The average molecular weight is 317 g/mol. The summed E-state index contributed by atoms with van der Waals surface area (Å²) in [5.41, 5.74) is -1.32. The van der Waals surface area contributed by atoms with E-state index in [2.05, 4.69) is 16.0 Å². The van der Waals surface area contributed by atoms with Gasteiger partial charge in [-0.15, -0.1) is 0 Å². The molecule has 0 saturated carbocycles. The van der Waals surface area contributed by atoms with Crippen molar-refractivity contribution in [2.75, 3.05) is 11.9 Å². The number of nitrogens with one attached hydrogen (secondary N) is 3. The van der Waals surface area contributed by atoms with Crippen LogP contribution in [-0.2, 0) is 11.0 Å². The highest BCUT2D eigenvalue weighted by Crippen LogP contribution is 2.34. The Balaban J connectivity index is 2.68. The first-order valence-electron chi connectivity index (χ1n) is 6.77. The van der Waals surface area contributed by atoms with E-state index in [1.54, 1.807) is 0 Å². The number of carbonyl (C=O) groups excluding carboxylic acids is 2. The highest BCUT2D eigenvalue weighted by atomic mass is 19.4. The number of para-hydroxylation sites is 1. The number of urea groups is 1. The van der Waals surface area contributed by atoms with Crippen molar-refractivity contribution in [3.63, 3.8) is 0 Å². The van der Waals surface area contributed by atoms with E-state index in [9.17, 15) is 22.8 Å². The van der Waals surface area contributed by atoms with Crippen LogP contribution in [0.1, 0.15) is 25.8 Å². The fraction of sp³-hybridized carbons (Fsp3) is 0.429. The zero-order valence-corrected chi connectivity index (χ0v) is 12.3. The van der Waals surface area contributed by atoms with Gasteiger partial charge in [-0.1, -0.05) is 19.1 Å². The van der Waals surface area contributed by atoms with Crippen molar-refractivity contribution in [3.05, 3.63) is 29.8 Å². The normalized spacial score (nSPS) is 12.4. The molecule has 0 aliphatic rings. The maximum atomic E-state index is 12.8. The van der Waals surface area contributed by atoms with E-state index in [0.717, 1.165) is 18.6 Å². The molecular weight excluding hydrogens is 299 g/mol. The lowest BCUT2D eigenvalue weighted by Gasteiger charge is -2.17. The summed E-state index contributed by atoms with van der Waals surface area (Å²) in [7, 11) is 0. The van der Waals surface area contributed by atoms with E-state index in [0.29, 0.717) is 6.54 Å². The zero-order valence-electron chi connectivity index (χ0n) is 12.3. The van der Waals surface area contributed by atoms with Crippen LogP contribution in [0.5, 0.6) is 0 Å². The molecule has 1 unspecified atom stereocenters. The molecule has 1 aromatic carbocycles. The number of amides is 3. The van der Waals surface area contributed by atoms with Crippen LogP contribution in [0.15, 0.2) is 24.3 Å². The number of halogens is 3. The van der Waals surface area contributed by atoms with Crippen molar-refractivity contribution in [2.24, 2.45) is 0 Å². The van der Waals surface area contributed by atoms with Crippen molar-refractivity contribution < 1.29 is 22.8 Å². The largest absolute Gasteiger partial charge is 0.418 e. The summed E-state index contributed by atoms with van der Waals surface area (Å²) in [6, 6.07) is 2.88. The molecule has 1 aromatic rings. The third kappa shape index (κ3) is 5.27. The molecule has 0 fully saturated rings. The Morgan fingerprint density at radius 3 is 2.45 bits per heavy atom. The van der Waals surface area contributed by atoms with Gasteiger partial charge in [-0.2, -0.15) is 13.2 Å². The predicted molar refractivity (Wildman–Crippen MR) is 76.4 cm³/mol. The molecular formula is C14H18F3N3O2. The number of carbonyl (C=O) groups is 2. The fourth-order valence-corrected chi connectivity index (χ4v) is 1.66. The van der Waals surface area contributed by atoms with Crippen LogP contribution in [0.25, 0.3) is 0 Å². The summed E-state index contributed by atoms with van der Waals surface area (Å²) in [5, 5.41) is 6.97. The number of anilines is 1. The number of rotatable bonds is 5.